The summed E-state index contributed by atoms with van der Waals surface area (Å²) in [6.07, 6.45) is 0. The molecule has 0 spiro atoms. The Labute approximate surface area is 90.0 Å². The molecule has 14 heavy (non-hydrogen) atoms. The van der Waals surface area contributed by atoms with Gasteiger partial charge in [0.1, 0.15) is 0 Å². The second kappa shape index (κ2) is 6.61. The van der Waals surface area contributed by atoms with E-state index >= 15 is 0 Å². The number of benzene rings is 1. The highest BCUT2D eigenvalue weighted by Crippen LogP contribution is 2.15. The molecule has 0 radical (unpaired) electrons. The molecule has 0 aliphatic heterocycles. The highest BCUT2D eigenvalue weighted by molar-refractivity contribution is 5.37. The summed E-state index contributed by atoms with van der Waals surface area (Å²) < 4.78 is 0. The molecular weight excluding hydrogens is 170 g/mol. The van der Waals surface area contributed by atoms with Crippen molar-refractivity contribution in [2.45, 2.75) is 41.2 Å². The maximum absolute atomic E-state index is 3.18. The van der Waals surface area contributed by atoms with Gasteiger partial charge in [0.05, 0.1) is 0 Å². The summed E-state index contributed by atoms with van der Waals surface area (Å²) in [5.41, 5.74) is 5.56. The van der Waals surface area contributed by atoms with Crippen LogP contribution in [0.15, 0.2) is 12.1 Å². The first-order valence-corrected chi connectivity index (χ1v) is 5.36. The lowest BCUT2D eigenvalue weighted by molar-refractivity contribution is 0.809. The van der Waals surface area contributed by atoms with E-state index in [1.807, 2.05) is 20.9 Å². The molecule has 1 nitrogen and oxygen atoms in total. The number of hydrogen-bond donors (Lipinski definition) is 1. The zero-order valence-electron chi connectivity index (χ0n) is 10.4. The van der Waals surface area contributed by atoms with Gasteiger partial charge in [-0.15, -0.1) is 0 Å². The van der Waals surface area contributed by atoms with Gasteiger partial charge in [-0.1, -0.05) is 31.5 Å². The van der Waals surface area contributed by atoms with Crippen LogP contribution >= 0.6 is 0 Å². The molecule has 0 unspecified atom stereocenters. The van der Waals surface area contributed by atoms with E-state index in [1.165, 1.54) is 22.3 Å². The van der Waals surface area contributed by atoms with Gasteiger partial charge >= 0.3 is 0 Å². The topological polar surface area (TPSA) is 12.0 Å². The first kappa shape index (κ1) is 13.2. The first-order valence-electron chi connectivity index (χ1n) is 5.36. The Hall–Kier alpha value is -0.820. The predicted molar refractivity (Wildman–Crippen MR) is 66.9 cm³/mol. The van der Waals surface area contributed by atoms with Crippen LogP contribution in [0.4, 0.5) is 0 Å². The zero-order valence-corrected chi connectivity index (χ0v) is 10.4. The van der Waals surface area contributed by atoms with Gasteiger partial charge < -0.3 is 5.32 Å². The molecule has 0 atom stereocenters. The molecule has 0 bridgehead atoms. The molecule has 0 aromatic heterocycles. The number of nitrogens with one attached hydrogen (secondary N) is 1. The van der Waals surface area contributed by atoms with Crippen LogP contribution in [0.2, 0.25) is 0 Å². The Morgan fingerprint density at radius 3 is 2.21 bits per heavy atom. The van der Waals surface area contributed by atoms with Crippen molar-refractivity contribution in [2.24, 2.45) is 0 Å². The van der Waals surface area contributed by atoms with Gasteiger partial charge in [0.15, 0.2) is 0 Å². The third-order valence-electron chi connectivity index (χ3n) is 2.29. The Morgan fingerprint density at radius 1 is 1.14 bits per heavy atom. The molecule has 0 saturated carbocycles. The van der Waals surface area contributed by atoms with Gasteiger partial charge in [-0.25, -0.2) is 0 Å². The quantitative estimate of drug-likeness (QED) is 0.760. The molecule has 0 saturated heterocycles. The molecule has 0 aliphatic carbocycles. The molecule has 82 valence electrons. The lowest BCUT2D eigenvalue weighted by atomic mass is 10.0. The molecule has 1 N–H and O–H groups in total. The molecule has 1 aromatic carbocycles. The Bertz CT molecular complexity index is 282. The lowest BCUT2D eigenvalue weighted by Gasteiger charge is -2.09. The first-order chi connectivity index (χ1) is 6.65. The van der Waals surface area contributed by atoms with Gasteiger partial charge in [0.25, 0.3) is 0 Å². The smallest absolute Gasteiger partial charge is 0.0205 e. The number of aryl methyl sites for hydroxylation is 2. The Balaban J connectivity index is 0. The highest BCUT2D eigenvalue weighted by atomic mass is 14.8. The van der Waals surface area contributed by atoms with Gasteiger partial charge in [-0.2, -0.15) is 0 Å². The fraction of sp³-hybridized carbons (Fsp3) is 0.538. The van der Waals surface area contributed by atoms with E-state index in [-0.39, 0.29) is 1.43 Å². The second-order valence-electron chi connectivity index (χ2n) is 3.40. The summed E-state index contributed by atoms with van der Waals surface area (Å²) >= 11 is 0. The van der Waals surface area contributed by atoms with Crippen molar-refractivity contribution in [1.29, 1.82) is 0 Å². The van der Waals surface area contributed by atoms with Gasteiger partial charge in [0, 0.05) is 7.97 Å². The minimum absolute atomic E-state index is 0. The summed E-state index contributed by atoms with van der Waals surface area (Å²) in [5.74, 6) is 0. The number of hydrogen-bond acceptors (Lipinski definition) is 1. The van der Waals surface area contributed by atoms with Crippen molar-refractivity contribution in [2.75, 3.05) is 7.05 Å². The van der Waals surface area contributed by atoms with Crippen molar-refractivity contribution in [1.82, 2.24) is 5.32 Å². The van der Waals surface area contributed by atoms with Gasteiger partial charge in [-0.3, -0.25) is 0 Å². The van der Waals surface area contributed by atoms with E-state index < -0.39 is 0 Å². The van der Waals surface area contributed by atoms with E-state index in [1.54, 1.807) is 0 Å². The fourth-order valence-electron chi connectivity index (χ4n) is 1.50. The average molecular weight is 195 g/mol. The minimum Gasteiger partial charge on any atom is -0.316 e. The van der Waals surface area contributed by atoms with Gasteiger partial charge in [0.2, 0.25) is 0 Å². The third kappa shape index (κ3) is 3.51. The summed E-state index contributed by atoms with van der Waals surface area (Å²) in [7, 11) is 1.98. The van der Waals surface area contributed by atoms with Crippen molar-refractivity contribution in [3.8, 4) is 0 Å². The molecule has 0 aliphatic rings. The van der Waals surface area contributed by atoms with E-state index in [0.717, 1.165) is 6.54 Å². The Kier molecular flexibility index (Phi) is 6.22. The summed E-state index contributed by atoms with van der Waals surface area (Å²) in [6, 6.07) is 4.48. The molecule has 1 aromatic rings. The van der Waals surface area contributed by atoms with Crippen LogP contribution < -0.4 is 5.32 Å². The van der Waals surface area contributed by atoms with E-state index in [9.17, 15) is 0 Å². The molecule has 0 fully saturated rings. The summed E-state index contributed by atoms with van der Waals surface area (Å²) in [4.78, 5) is 0. The van der Waals surface area contributed by atoms with E-state index in [4.69, 9.17) is 0 Å². The monoisotopic (exact) mass is 195 g/mol. The van der Waals surface area contributed by atoms with Crippen molar-refractivity contribution < 1.29 is 1.43 Å². The van der Waals surface area contributed by atoms with E-state index in [2.05, 4.69) is 38.2 Å². The molecule has 1 heteroatoms. The van der Waals surface area contributed by atoms with Crippen molar-refractivity contribution in [3.05, 3.63) is 34.4 Å². The second-order valence-corrected chi connectivity index (χ2v) is 3.40. The SMILES string of the molecule is CC.CNCc1cc(C)cc(C)c1C.[HH]. The van der Waals surface area contributed by atoms with Crippen LogP contribution in [0, 0.1) is 20.8 Å². The van der Waals surface area contributed by atoms with Crippen LogP contribution in [0.25, 0.3) is 0 Å². The normalized spacial score (nSPS) is 9.29. The zero-order chi connectivity index (χ0) is 11.1. The highest BCUT2D eigenvalue weighted by Gasteiger charge is 2.00. The largest absolute Gasteiger partial charge is 0.316 e. The molecule has 0 heterocycles. The predicted octanol–water partition coefficient (Wildman–Crippen LogP) is 3.60. The van der Waals surface area contributed by atoms with Gasteiger partial charge in [-0.05, 0) is 44.5 Å². The number of rotatable bonds is 2. The minimum atomic E-state index is 0. The van der Waals surface area contributed by atoms with Crippen LogP contribution in [-0.4, -0.2) is 7.05 Å². The average Bonchev–Trinajstić information content (AvgIpc) is 2.17. The standard InChI is InChI=1S/C11H17N.C2H6.H2/c1-8-5-9(2)10(3)11(6-8)7-12-4;1-2;/h5-6,12H,7H2,1-4H3;1-2H3;1H. The molecule has 0 amide bonds. The summed E-state index contributed by atoms with van der Waals surface area (Å²) in [5, 5.41) is 3.18. The van der Waals surface area contributed by atoms with E-state index in [0.29, 0.717) is 0 Å². The molecular formula is C13H25N. The van der Waals surface area contributed by atoms with Crippen molar-refractivity contribution >= 4 is 0 Å². The van der Waals surface area contributed by atoms with Crippen LogP contribution in [0.1, 0.15) is 37.5 Å². The maximum atomic E-state index is 3.18. The molecule has 1 rings (SSSR count). The van der Waals surface area contributed by atoms with Crippen LogP contribution in [-0.2, 0) is 6.54 Å². The van der Waals surface area contributed by atoms with Crippen LogP contribution in [0.5, 0.6) is 0 Å². The fourth-order valence-corrected chi connectivity index (χ4v) is 1.50. The van der Waals surface area contributed by atoms with Crippen molar-refractivity contribution in [3.63, 3.8) is 0 Å². The third-order valence-corrected chi connectivity index (χ3v) is 2.29. The van der Waals surface area contributed by atoms with Crippen LogP contribution in [0.3, 0.4) is 0 Å². The Morgan fingerprint density at radius 2 is 1.71 bits per heavy atom. The maximum Gasteiger partial charge on any atom is 0.0205 e. The lowest BCUT2D eigenvalue weighted by Crippen LogP contribution is -2.07. The summed E-state index contributed by atoms with van der Waals surface area (Å²) in [6.45, 7) is 11.5.